The summed E-state index contributed by atoms with van der Waals surface area (Å²) in [6, 6.07) is 6.82. The van der Waals surface area contributed by atoms with Gasteiger partial charge in [-0.1, -0.05) is 0 Å². The largest absolute Gasteiger partial charge is 0.497 e. The first-order valence-electron chi connectivity index (χ1n) is 4.78. The Balaban J connectivity index is 2.44. The second-order valence-electron chi connectivity index (χ2n) is 3.35. The average Bonchev–Trinajstić information content (AvgIpc) is 2.77. The molecule has 0 saturated heterocycles. The molecule has 0 spiro atoms. The van der Waals surface area contributed by atoms with Gasteiger partial charge in [0.2, 0.25) is 5.76 Å². The zero-order valence-corrected chi connectivity index (χ0v) is 8.94. The standard InChI is InChI=1S/C12H9FO4/c1-16-9-5-7(4-8(13)6-9)10-2-3-11(17-10)12(14)15/h2-6H,1H3,(H,14,15). The average molecular weight is 236 g/mol. The normalized spacial score (nSPS) is 10.2. The number of hydrogen-bond donors (Lipinski definition) is 1. The summed E-state index contributed by atoms with van der Waals surface area (Å²) in [6.07, 6.45) is 0. The van der Waals surface area contributed by atoms with Crippen molar-refractivity contribution in [3.05, 3.63) is 41.9 Å². The minimum Gasteiger partial charge on any atom is -0.497 e. The number of benzene rings is 1. The van der Waals surface area contributed by atoms with Crippen LogP contribution in [-0.4, -0.2) is 18.2 Å². The summed E-state index contributed by atoms with van der Waals surface area (Å²) in [5.41, 5.74) is 0.425. The minimum absolute atomic E-state index is 0.191. The van der Waals surface area contributed by atoms with Gasteiger partial charge in [-0.3, -0.25) is 0 Å². The van der Waals surface area contributed by atoms with Crippen molar-refractivity contribution in [3.8, 4) is 17.1 Å². The third-order valence-corrected chi connectivity index (χ3v) is 2.21. The maximum Gasteiger partial charge on any atom is 0.371 e. The summed E-state index contributed by atoms with van der Waals surface area (Å²) in [4.78, 5) is 10.6. The van der Waals surface area contributed by atoms with E-state index in [1.165, 1.54) is 31.4 Å². The predicted octanol–water partition coefficient (Wildman–Crippen LogP) is 2.79. The number of hydrogen-bond acceptors (Lipinski definition) is 3. The van der Waals surface area contributed by atoms with Gasteiger partial charge in [0.15, 0.2) is 0 Å². The monoisotopic (exact) mass is 236 g/mol. The highest BCUT2D eigenvalue weighted by atomic mass is 19.1. The Bertz CT molecular complexity index is 559. The molecule has 0 amide bonds. The molecular weight excluding hydrogens is 227 g/mol. The molecular formula is C12H9FO4. The summed E-state index contributed by atoms with van der Waals surface area (Å²) in [5.74, 6) is -1.22. The van der Waals surface area contributed by atoms with Gasteiger partial charge in [-0.15, -0.1) is 0 Å². The van der Waals surface area contributed by atoms with E-state index >= 15 is 0 Å². The van der Waals surface area contributed by atoms with Gasteiger partial charge in [-0.05, 0) is 24.3 Å². The van der Waals surface area contributed by atoms with Gasteiger partial charge in [0.1, 0.15) is 17.3 Å². The van der Waals surface area contributed by atoms with Gasteiger partial charge < -0.3 is 14.3 Å². The van der Waals surface area contributed by atoms with Crippen molar-refractivity contribution in [2.24, 2.45) is 0 Å². The molecule has 0 aliphatic rings. The lowest BCUT2D eigenvalue weighted by molar-refractivity contribution is 0.0663. The van der Waals surface area contributed by atoms with Crippen LogP contribution in [0.4, 0.5) is 4.39 Å². The van der Waals surface area contributed by atoms with Crippen molar-refractivity contribution >= 4 is 5.97 Å². The van der Waals surface area contributed by atoms with Crippen molar-refractivity contribution in [1.82, 2.24) is 0 Å². The Morgan fingerprint density at radius 1 is 1.35 bits per heavy atom. The van der Waals surface area contributed by atoms with Gasteiger partial charge in [0.25, 0.3) is 0 Å². The number of furan rings is 1. The summed E-state index contributed by atoms with van der Waals surface area (Å²) in [5, 5.41) is 8.71. The highest BCUT2D eigenvalue weighted by Crippen LogP contribution is 2.27. The van der Waals surface area contributed by atoms with Crippen LogP contribution in [-0.2, 0) is 0 Å². The van der Waals surface area contributed by atoms with Crippen LogP contribution >= 0.6 is 0 Å². The van der Waals surface area contributed by atoms with Crippen LogP contribution in [0.2, 0.25) is 0 Å². The molecule has 0 radical (unpaired) electrons. The van der Waals surface area contributed by atoms with Gasteiger partial charge in [0, 0.05) is 11.6 Å². The molecule has 0 fully saturated rings. The van der Waals surface area contributed by atoms with Crippen molar-refractivity contribution in [2.75, 3.05) is 7.11 Å². The van der Waals surface area contributed by atoms with E-state index < -0.39 is 11.8 Å². The van der Waals surface area contributed by atoms with E-state index in [4.69, 9.17) is 14.3 Å². The molecule has 0 unspecified atom stereocenters. The molecule has 0 atom stereocenters. The van der Waals surface area contributed by atoms with E-state index in [1.54, 1.807) is 6.07 Å². The van der Waals surface area contributed by atoms with Crippen LogP contribution in [0.1, 0.15) is 10.6 Å². The number of aromatic carboxylic acids is 1. The molecule has 0 aliphatic heterocycles. The van der Waals surface area contributed by atoms with E-state index in [2.05, 4.69) is 0 Å². The second kappa shape index (κ2) is 4.29. The number of carboxylic acids is 1. The molecule has 5 heteroatoms. The number of carboxylic acid groups (broad SMARTS) is 1. The van der Waals surface area contributed by atoms with E-state index in [-0.39, 0.29) is 11.5 Å². The quantitative estimate of drug-likeness (QED) is 0.890. The number of methoxy groups -OCH3 is 1. The molecule has 2 aromatic rings. The number of ether oxygens (including phenoxy) is 1. The molecule has 1 aromatic carbocycles. The molecule has 88 valence electrons. The molecule has 4 nitrogen and oxygen atoms in total. The van der Waals surface area contributed by atoms with Gasteiger partial charge in [-0.2, -0.15) is 0 Å². The number of carbonyl (C=O) groups is 1. The molecule has 1 N–H and O–H groups in total. The predicted molar refractivity (Wildman–Crippen MR) is 57.6 cm³/mol. The smallest absolute Gasteiger partial charge is 0.371 e. The van der Waals surface area contributed by atoms with Crippen molar-refractivity contribution < 1.29 is 23.4 Å². The van der Waals surface area contributed by atoms with Crippen molar-refractivity contribution in [3.63, 3.8) is 0 Å². The van der Waals surface area contributed by atoms with Gasteiger partial charge in [-0.25, -0.2) is 9.18 Å². The highest BCUT2D eigenvalue weighted by molar-refractivity contribution is 5.85. The van der Waals surface area contributed by atoms with E-state index in [9.17, 15) is 9.18 Å². The number of halogens is 1. The first-order valence-corrected chi connectivity index (χ1v) is 4.78. The fraction of sp³-hybridized carbons (Fsp3) is 0.0833. The lowest BCUT2D eigenvalue weighted by atomic mass is 10.1. The molecule has 0 bridgehead atoms. The Labute approximate surface area is 96.2 Å². The van der Waals surface area contributed by atoms with Crippen LogP contribution in [0.15, 0.2) is 34.7 Å². The van der Waals surface area contributed by atoms with Crippen LogP contribution < -0.4 is 4.74 Å². The summed E-state index contributed by atoms with van der Waals surface area (Å²) in [6.45, 7) is 0. The van der Waals surface area contributed by atoms with Gasteiger partial charge in [0.05, 0.1) is 7.11 Å². The Kier molecular flexibility index (Phi) is 2.82. The summed E-state index contributed by atoms with van der Waals surface area (Å²) >= 11 is 0. The van der Waals surface area contributed by atoms with Crippen LogP contribution in [0.3, 0.4) is 0 Å². The topological polar surface area (TPSA) is 59.7 Å². The molecule has 1 aromatic heterocycles. The van der Waals surface area contributed by atoms with Crippen molar-refractivity contribution in [1.29, 1.82) is 0 Å². The molecule has 0 aliphatic carbocycles. The second-order valence-corrected chi connectivity index (χ2v) is 3.35. The molecule has 2 rings (SSSR count). The zero-order chi connectivity index (χ0) is 12.4. The van der Waals surface area contributed by atoms with E-state index in [1.807, 2.05) is 0 Å². The fourth-order valence-corrected chi connectivity index (χ4v) is 1.43. The van der Waals surface area contributed by atoms with Crippen LogP contribution in [0.25, 0.3) is 11.3 Å². The SMILES string of the molecule is COc1cc(F)cc(-c2ccc(C(=O)O)o2)c1. The molecule has 0 saturated carbocycles. The maximum atomic E-state index is 13.2. The zero-order valence-electron chi connectivity index (χ0n) is 8.94. The van der Waals surface area contributed by atoms with Gasteiger partial charge >= 0.3 is 5.97 Å². The summed E-state index contributed by atoms with van der Waals surface area (Å²) < 4.78 is 23.2. The third-order valence-electron chi connectivity index (χ3n) is 2.21. The van der Waals surface area contributed by atoms with E-state index in [0.717, 1.165) is 0 Å². The van der Waals surface area contributed by atoms with Crippen LogP contribution in [0, 0.1) is 5.82 Å². The summed E-state index contributed by atoms with van der Waals surface area (Å²) in [7, 11) is 1.42. The first-order chi connectivity index (χ1) is 8.10. The third kappa shape index (κ3) is 2.28. The van der Waals surface area contributed by atoms with Crippen molar-refractivity contribution in [2.45, 2.75) is 0 Å². The van der Waals surface area contributed by atoms with Crippen LogP contribution in [0.5, 0.6) is 5.75 Å². The Hall–Kier alpha value is -2.30. The molecule has 17 heavy (non-hydrogen) atoms. The van der Waals surface area contributed by atoms with E-state index in [0.29, 0.717) is 11.3 Å². The highest BCUT2D eigenvalue weighted by Gasteiger charge is 2.11. The first kappa shape index (κ1) is 11.2. The maximum absolute atomic E-state index is 13.2. The number of rotatable bonds is 3. The lowest BCUT2D eigenvalue weighted by Crippen LogP contribution is -1.91. The minimum atomic E-state index is -1.17. The Morgan fingerprint density at radius 3 is 2.71 bits per heavy atom. The fourth-order valence-electron chi connectivity index (χ4n) is 1.43. The Morgan fingerprint density at radius 2 is 2.12 bits per heavy atom. The lowest BCUT2D eigenvalue weighted by Gasteiger charge is -2.02. The molecule has 1 heterocycles.